The molecule has 0 N–H and O–H groups in total. The van der Waals surface area contributed by atoms with E-state index < -0.39 is 0 Å². The van der Waals surface area contributed by atoms with E-state index in [1.54, 1.807) is 0 Å². The van der Waals surface area contributed by atoms with Crippen LogP contribution in [0, 0.1) is 0 Å². The largest absolute Gasteiger partial charge is 0.208 e. The average Bonchev–Trinajstić information content (AvgIpc) is 3.70. The summed E-state index contributed by atoms with van der Waals surface area (Å²) < 4.78 is 0. The van der Waals surface area contributed by atoms with Crippen molar-refractivity contribution < 1.29 is 0 Å². The normalized spacial score (nSPS) is 11.1. The van der Waals surface area contributed by atoms with Crippen LogP contribution in [0.2, 0.25) is 0 Å². The minimum Gasteiger partial charge on any atom is -0.208 e. The Hall–Kier alpha value is -11.3. The summed E-state index contributed by atoms with van der Waals surface area (Å²) in [6.45, 7) is 0. The Balaban J connectivity index is 0.774. The number of hydrogen-bond donors (Lipinski definition) is 0. The topological polar surface area (TPSA) is 77.3 Å². The second-order valence-electron chi connectivity index (χ2n) is 20.7. The predicted molar refractivity (Wildman–Crippen MR) is 344 cm³/mol. The van der Waals surface area contributed by atoms with Crippen LogP contribution < -0.4 is 0 Å². The molecule has 14 rings (SSSR count). The molecule has 0 bridgehead atoms. The van der Waals surface area contributed by atoms with E-state index in [0.717, 1.165) is 111 Å². The van der Waals surface area contributed by atoms with Crippen LogP contribution in [0.5, 0.6) is 0 Å². The minimum atomic E-state index is 0.599. The molecule has 6 heteroatoms. The zero-order valence-electron chi connectivity index (χ0n) is 45.7. The second-order valence-corrected chi connectivity index (χ2v) is 20.7. The summed E-state index contributed by atoms with van der Waals surface area (Å²) in [5, 5.41) is 0. The molecule has 0 atom stereocenters. The molecule has 0 unspecified atom stereocenters. The maximum atomic E-state index is 5.16. The zero-order valence-corrected chi connectivity index (χ0v) is 45.7. The first-order chi connectivity index (χ1) is 41.6. The Morgan fingerprint density at radius 2 is 0.250 bits per heavy atom. The molecule has 6 nitrogen and oxygen atoms in total. The van der Waals surface area contributed by atoms with E-state index in [1.165, 1.54) is 0 Å². The molecule has 0 amide bonds. The molecule has 0 radical (unpaired) electrons. The van der Waals surface area contributed by atoms with Gasteiger partial charge in [-0.1, -0.05) is 291 Å². The van der Waals surface area contributed by atoms with E-state index >= 15 is 0 Å². The van der Waals surface area contributed by atoms with E-state index in [4.69, 9.17) is 29.9 Å². The van der Waals surface area contributed by atoms with Crippen LogP contribution in [0.15, 0.2) is 315 Å². The lowest BCUT2D eigenvalue weighted by Gasteiger charge is -2.12. The van der Waals surface area contributed by atoms with Crippen molar-refractivity contribution in [3.8, 4) is 146 Å². The van der Waals surface area contributed by atoms with Gasteiger partial charge in [-0.3, -0.25) is 0 Å². The molecule has 0 aliphatic carbocycles. The van der Waals surface area contributed by atoms with Crippen LogP contribution in [0.4, 0.5) is 0 Å². The number of aromatic nitrogens is 6. The lowest BCUT2D eigenvalue weighted by atomic mass is 9.95. The summed E-state index contributed by atoms with van der Waals surface area (Å²) in [5.74, 6) is 3.63. The van der Waals surface area contributed by atoms with E-state index in [-0.39, 0.29) is 0 Å². The summed E-state index contributed by atoms with van der Waals surface area (Å²) in [6.07, 6.45) is 0. The second kappa shape index (κ2) is 23.0. The van der Waals surface area contributed by atoms with Gasteiger partial charge in [0.15, 0.2) is 34.9 Å². The van der Waals surface area contributed by atoms with E-state index in [1.807, 2.05) is 24.3 Å². The monoisotopic (exact) mass is 1070 g/mol. The third-order valence-electron chi connectivity index (χ3n) is 15.2. The van der Waals surface area contributed by atoms with Crippen LogP contribution in [-0.2, 0) is 0 Å². The maximum absolute atomic E-state index is 5.16. The molecular weight excluding hydrogens is 1020 g/mol. The fourth-order valence-corrected chi connectivity index (χ4v) is 10.7. The first-order valence-corrected chi connectivity index (χ1v) is 28.1. The first-order valence-electron chi connectivity index (χ1n) is 28.1. The SMILES string of the molecule is c1ccc(-c2ccc(-c3nc(-c4ccc(-c5ccccc5)cc4)nc(-c4cccc(-c5cccc(-c6cccc(-c7cccc(-c8nc(-c9ccc(-c%10ccccc%10)cc9)nc(-c9ccc(-c%10ccccc%10)cc9)n8)c7)c6)c5)c4)n3)cc2)cc1. The van der Waals surface area contributed by atoms with E-state index in [2.05, 4.69) is 291 Å². The van der Waals surface area contributed by atoms with Gasteiger partial charge in [0.2, 0.25) is 0 Å². The fourth-order valence-electron chi connectivity index (χ4n) is 10.7. The maximum Gasteiger partial charge on any atom is 0.164 e. The van der Waals surface area contributed by atoms with Crippen LogP contribution in [0.25, 0.3) is 146 Å². The minimum absolute atomic E-state index is 0.599. The Labute approximate surface area is 488 Å². The van der Waals surface area contributed by atoms with Crippen LogP contribution in [0.3, 0.4) is 0 Å². The first kappa shape index (κ1) is 50.9. The molecule has 0 aliphatic heterocycles. The Bertz CT molecular complexity index is 4090. The summed E-state index contributed by atoms with van der Waals surface area (Å²) in [7, 11) is 0. The van der Waals surface area contributed by atoms with Crippen molar-refractivity contribution in [1.29, 1.82) is 0 Å². The molecule has 0 fully saturated rings. The van der Waals surface area contributed by atoms with Crippen LogP contribution in [0.1, 0.15) is 0 Å². The summed E-state index contributed by atoms with van der Waals surface area (Å²) in [5.41, 5.74) is 21.0. The van der Waals surface area contributed by atoms with Gasteiger partial charge in [-0.05, 0) is 102 Å². The van der Waals surface area contributed by atoms with Crippen molar-refractivity contribution in [3.63, 3.8) is 0 Å². The number of hydrogen-bond acceptors (Lipinski definition) is 6. The molecule has 84 heavy (non-hydrogen) atoms. The summed E-state index contributed by atoms with van der Waals surface area (Å²) in [4.78, 5) is 30.8. The molecule has 14 aromatic rings. The fraction of sp³-hybridized carbons (Fsp3) is 0. The molecule has 0 aliphatic rings. The number of nitrogens with zero attached hydrogens (tertiary/aromatic N) is 6. The van der Waals surface area contributed by atoms with Gasteiger partial charge in [0.1, 0.15) is 0 Å². The highest BCUT2D eigenvalue weighted by Crippen LogP contribution is 2.36. The number of benzene rings is 12. The molecule has 0 saturated carbocycles. The van der Waals surface area contributed by atoms with Crippen molar-refractivity contribution in [3.05, 3.63) is 315 Å². The quantitative estimate of drug-likeness (QED) is 0.114. The highest BCUT2D eigenvalue weighted by atomic mass is 15.0. The smallest absolute Gasteiger partial charge is 0.164 e. The zero-order chi connectivity index (χ0) is 56.0. The van der Waals surface area contributed by atoms with Gasteiger partial charge in [-0.15, -0.1) is 0 Å². The Morgan fingerprint density at radius 1 is 0.107 bits per heavy atom. The van der Waals surface area contributed by atoms with Crippen molar-refractivity contribution >= 4 is 0 Å². The summed E-state index contributed by atoms with van der Waals surface area (Å²) >= 11 is 0. The molecule has 394 valence electrons. The Morgan fingerprint density at radius 3 is 0.464 bits per heavy atom. The van der Waals surface area contributed by atoms with Gasteiger partial charge >= 0.3 is 0 Å². The van der Waals surface area contributed by atoms with Gasteiger partial charge in [0.25, 0.3) is 0 Å². The van der Waals surface area contributed by atoms with Gasteiger partial charge in [0.05, 0.1) is 0 Å². The highest BCUT2D eigenvalue weighted by molar-refractivity contribution is 5.81. The van der Waals surface area contributed by atoms with Gasteiger partial charge in [-0.2, -0.15) is 0 Å². The van der Waals surface area contributed by atoms with Gasteiger partial charge in [0, 0.05) is 33.4 Å². The molecule has 12 aromatic carbocycles. The average molecular weight is 1070 g/mol. The third kappa shape index (κ3) is 11.0. The third-order valence-corrected chi connectivity index (χ3v) is 15.2. The molecule has 2 heterocycles. The van der Waals surface area contributed by atoms with Crippen molar-refractivity contribution in [2.75, 3.05) is 0 Å². The summed E-state index contributed by atoms with van der Waals surface area (Å²) in [6, 6.07) is 110. The standard InChI is InChI=1S/C78H52N6/c1-5-17-53(18-6-1)57-33-41-61(42-34-57)73-79-74(62-43-35-58(36-44-62)54-19-7-2-8-20-54)82-77(81-73)71-31-15-29-69(51-71)67-27-13-25-65(49-67)66-26-14-28-68(50-66)70-30-16-32-72(52-70)78-83-75(63-45-37-59(38-46-63)55-21-9-3-10-22-55)80-76(84-78)64-47-39-60(40-48-64)56-23-11-4-12-24-56/h1-52H. The number of rotatable bonds is 13. The van der Waals surface area contributed by atoms with Crippen LogP contribution >= 0.6 is 0 Å². The van der Waals surface area contributed by atoms with Crippen molar-refractivity contribution in [2.45, 2.75) is 0 Å². The van der Waals surface area contributed by atoms with Crippen molar-refractivity contribution in [1.82, 2.24) is 29.9 Å². The molecular formula is C78H52N6. The van der Waals surface area contributed by atoms with Crippen LogP contribution in [-0.4, -0.2) is 29.9 Å². The lowest BCUT2D eigenvalue weighted by Crippen LogP contribution is -2.00. The van der Waals surface area contributed by atoms with Gasteiger partial charge < -0.3 is 0 Å². The van der Waals surface area contributed by atoms with E-state index in [0.29, 0.717) is 34.9 Å². The Kier molecular flexibility index (Phi) is 13.9. The molecule has 0 spiro atoms. The molecule has 2 aromatic heterocycles. The molecule has 0 saturated heterocycles. The van der Waals surface area contributed by atoms with E-state index in [9.17, 15) is 0 Å². The predicted octanol–water partition coefficient (Wildman–Crippen LogP) is 19.7. The lowest BCUT2D eigenvalue weighted by molar-refractivity contribution is 1.07. The van der Waals surface area contributed by atoms with Crippen molar-refractivity contribution in [2.24, 2.45) is 0 Å². The highest BCUT2D eigenvalue weighted by Gasteiger charge is 2.17. The van der Waals surface area contributed by atoms with Gasteiger partial charge in [-0.25, -0.2) is 29.9 Å².